The van der Waals surface area contributed by atoms with E-state index in [1.54, 1.807) is 49.0 Å². The number of piperidine rings is 2. The second-order valence-corrected chi connectivity index (χ2v) is 22.9. The Bertz CT molecular complexity index is 3070. The number of imide groups is 1. The van der Waals surface area contributed by atoms with E-state index in [2.05, 4.69) is 86.7 Å². The normalized spacial score (nSPS) is 18.9. The molecule has 0 saturated carbocycles. The summed E-state index contributed by atoms with van der Waals surface area (Å²) in [6.45, 7) is 13.5. The summed E-state index contributed by atoms with van der Waals surface area (Å²) in [6.07, 6.45) is 7.67. The predicted octanol–water partition coefficient (Wildman–Crippen LogP) is 6.47. The molecule has 0 bridgehead atoms. The highest BCUT2D eigenvalue weighted by Gasteiger charge is 2.53. The van der Waals surface area contributed by atoms with Crippen molar-refractivity contribution in [2.45, 2.75) is 64.5 Å². The van der Waals surface area contributed by atoms with Crippen LogP contribution in [0.3, 0.4) is 0 Å². The summed E-state index contributed by atoms with van der Waals surface area (Å²) in [5.74, 6) is 1.60. The Kier molecular flexibility index (Phi) is 11.6. The highest BCUT2D eigenvalue weighted by Crippen LogP contribution is 2.46. The lowest BCUT2D eigenvalue weighted by atomic mass is 9.71. The highest BCUT2D eigenvalue weighted by molar-refractivity contribution is 9.10. The summed E-state index contributed by atoms with van der Waals surface area (Å²) in [7, 11) is 0.665. The summed E-state index contributed by atoms with van der Waals surface area (Å²) in [6, 6.07) is 13.8. The molecule has 17 nitrogen and oxygen atoms in total. The lowest BCUT2D eigenvalue weighted by molar-refractivity contribution is -0.135. The maximum Gasteiger partial charge on any atom is 0.329 e. The number of nitrogens with one attached hydrogen (secondary N) is 3. The van der Waals surface area contributed by atoms with Gasteiger partial charge < -0.3 is 29.7 Å². The second kappa shape index (κ2) is 17.4. The fourth-order valence-electron chi connectivity index (χ4n) is 10.8. The molecule has 7 heterocycles. The molecule has 4 saturated heterocycles. The van der Waals surface area contributed by atoms with E-state index in [9.17, 15) is 18.9 Å². The number of amides is 2. The van der Waals surface area contributed by atoms with Crippen LogP contribution in [0.15, 0.2) is 64.1 Å². The first kappa shape index (κ1) is 45.0. The third-order valence-electron chi connectivity index (χ3n) is 14.1. The van der Waals surface area contributed by atoms with Gasteiger partial charge in [-0.3, -0.25) is 28.9 Å². The van der Waals surface area contributed by atoms with Crippen molar-refractivity contribution >= 4 is 96.6 Å². The number of carbonyl (C=O) groups excluding carboxylic acids is 2. The molecule has 1 unspecified atom stereocenters. The fraction of sp³-hybridized carbons (Fsp3) is 0.438. The quantitative estimate of drug-likeness (QED) is 0.0895. The topological polar surface area (TPSA) is 185 Å². The van der Waals surface area contributed by atoms with E-state index in [1.165, 1.54) is 11.3 Å². The SMILES string of the molecule is CCc1ncc2c(P(C)(C)=O)c(Nc3nc(Nc4cc(CC)c(N5CCC(N6CC7(CN(c8cccc9c8n(C)c(=O)n9C8CCC(=O)NC8=O)C7)C6)CC5)cc4OC)ncc3Br)ccc2n1. The first-order valence-electron chi connectivity index (χ1n) is 23.1. The van der Waals surface area contributed by atoms with Crippen LogP contribution in [-0.4, -0.2) is 112 Å². The maximum absolute atomic E-state index is 13.7. The molecule has 1 atom stereocenters. The van der Waals surface area contributed by atoms with Crippen LogP contribution in [0.2, 0.25) is 0 Å². The average Bonchev–Trinajstić information content (AvgIpc) is 3.54. The minimum atomic E-state index is -2.78. The van der Waals surface area contributed by atoms with E-state index in [0.29, 0.717) is 51.9 Å². The molecule has 2 amide bonds. The highest BCUT2D eigenvalue weighted by atomic mass is 79.9. The number of anilines is 6. The number of fused-ring (bicyclic) bond motifs is 2. The molecule has 10 rings (SSSR count). The van der Waals surface area contributed by atoms with Crippen LogP contribution in [-0.2, 0) is 34.0 Å². The number of nitrogens with zero attached hydrogens (tertiary/aromatic N) is 9. The van der Waals surface area contributed by atoms with Gasteiger partial charge in [-0.2, -0.15) is 4.98 Å². The number of hydrogen-bond donors (Lipinski definition) is 3. The third kappa shape index (κ3) is 8.14. The Morgan fingerprint density at radius 3 is 2.37 bits per heavy atom. The van der Waals surface area contributed by atoms with Crippen LogP contribution in [0, 0.1) is 5.41 Å². The summed E-state index contributed by atoms with van der Waals surface area (Å²) in [4.78, 5) is 64.3. The van der Waals surface area contributed by atoms with Gasteiger partial charge in [0, 0.05) is 105 Å². The molecular formula is C48H56BrN12O5P. The number of rotatable bonds is 12. The van der Waals surface area contributed by atoms with Gasteiger partial charge in [0.15, 0.2) is 0 Å². The Morgan fingerprint density at radius 2 is 1.67 bits per heavy atom. The first-order valence-corrected chi connectivity index (χ1v) is 26.5. The number of likely N-dealkylation sites (tertiary alicyclic amines) is 1. The monoisotopic (exact) mass is 990 g/mol. The molecule has 0 radical (unpaired) electrons. The molecule has 67 heavy (non-hydrogen) atoms. The molecule has 6 aromatic rings. The third-order valence-corrected chi connectivity index (χ3v) is 16.2. The van der Waals surface area contributed by atoms with Gasteiger partial charge >= 0.3 is 5.69 Å². The van der Waals surface area contributed by atoms with Crippen LogP contribution < -0.4 is 41.5 Å². The molecule has 3 aromatic carbocycles. The molecule has 3 aromatic heterocycles. The van der Waals surface area contributed by atoms with Crippen LogP contribution >= 0.6 is 23.1 Å². The molecule has 19 heteroatoms. The van der Waals surface area contributed by atoms with E-state index in [0.717, 1.165) is 97.7 Å². The zero-order chi connectivity index (χ0) is 46.9. The van der Waals surface area contributed by atoms with Crippen molar-refractivity contribution in [2.75, 3.05) is 80.1 Å². The number of aryl methyl sites for hydroxylation is 3. The fourth-order valence-corrected chi connectivity index (χ4v) is 12.5. The molecule has 0 aliphatic carbocycles. The first-order chi connectivity index (χ1) is 32.2. The van der Waals surface area contributed by atoms with Gasteiger partial charge in [0.05, 0.1) is 45.2 Å². The Hall–Kier alpha value is -5.84. The van der Waals surface area contributed by atoms with Gasteiger partial charge in [0.1, 0.15) is 30.6 Å². The number of carbonyl (C=O) groups is 2. The Morgan fingerprint density at radius 1 is 0.896 bits per heavy atom. The predicted molar refractivity (Wildman–Crippen MR) is 267 cm³/mol. The smallest absolute Gasteiger partial charge is 0.329 e. The molecule has 350 valence electrons. The number of benzene rings is 3. The van der Waals surface area contributed by atoms with E-state index in [-0.39, 0.29) is 23.4 Å². The zero-order valence-electron chi connectivity index (χ0n) is 38.7. The number of halogens is 1. The van der Waals surface area contributed by atoms with Gasteiger partial charge in [-0.1, -0.05) is 19.9 Å². The van der Waals surface area contributed by atoms with Crippen molar-refractivity contribution in [3.05, 3.63) is 81.2 Å². The summed E-state index contributed by atoms with van der Waals surface area (Å²) in [5, 5.41) is 10.7. The van der Waals surface area contributed by atoms with Crippen molar-refractivity contribution in [3.8, 4) is 5.75 Å². The lowest BCUT2D eigenvalue weighted by Gasteiger charge is -2.63. The lowest BCUT2D eigenvalue weighted by Crippen LogP contribution is -2.74. The van der Waals surface area contributed by atoms with Gasteiger partial charge in [0.25, 0.3) is 0 Å². The van der Waals surface area contributed by atoms with Crippen LogP contribution in [0.25, 0.3) is 21.9 Å². The van der Waals surface area contributed by atoms with Crippen LogP contribution in [0.5, 0.6) is 5.75 Å². The van der Waals surface area contributed by atoms with Crippen molar-refractivity contribution < 1.29 is 18.9 Å². The number of methoxy groups -OCH3 is 1. The van der Waals surface area contributed by atoms with Gasteiger partial charge in [-0.05, 0) is 90.8 Å². The van der Waals surface area contributed by atoms with E-state index in [1.807, 2.05) is 31.2 Å². The van der Waals surface area contributed by atoms with Crippen molar-refractivity contribution in [1.82, 2.24) is 39.3 Å². The average molecular weight is 992 g/mol. The van der Waals surface area contributed by atoms with Crippen molar-refractivity contribution in [1.29, 1.82) is 0 Å². The van der Waals surface area contributed by atoms with Crippen LogP contribution in [0.4, 0.5) is 34.5 Å². The summed E-state index contributed by atoms with van der Waals surface area (Å²) in [5.41, 5.74) is 7.10. The summed E-state index contributed by atoms with van der Waals surface area (Å²) < 4.78 is 23.5. The van der Waals surface area contributed by atoms with E-state index < -0.39 is 19.1 Å². The molecule has 4 aliphatic heterocycles. The molecule has 4 aliphatic rings. The molecule has 1 spiro atoms. The van der Waals surface area contributed by atoms with Gasteiger partial charge in [-0.25, -0.2) is 19.7 Å². The largest absolute Gasteiger partial charge is 0.494 e. The number of hydrogen-bond acceptors (Lipinski definition) is 14. The van der Waals surface area contributed by atoms with Gasteiger partial charge in [0.2, 0.25) is 17.8 Å². The molecular weight excluding hydrogens is 935 g/mol. The maximum atomic E-state index is 13.7. The van der Waals surface area contributed by atoms with Gasteiger partial charge in [-0.15, -0.1) is 0 Å². The standard InChI is InChI=1S/C48H56BrN12O5P/c1-7-28-20-34(54-46-51-23-31(49)44(56-46)53-33-13-12-32-30(43(33)67(5,6)65)22-50-40(8-2)52-32)39(66-4)21-38(28)58-18-16-29(17-19-58)59-24-48(25-59)26-60(27-48)35-10-9-11-36-42(35)57(3)47(64)61(36)37-14-15-41(62)55-45(37)63/h9-13,20-23,29,37H,7-8,14-19,24-27H2,1-6H3,(H,55,62,63)(H2,51,53,54,56). The Labute approximate surface area is 397 Å². The Balaban J connectivity index is 0.786. The molecule has 4 fully saturated rings. The number of imidazole rings is 1. The number of aromatic nitrogens is 6. The number of para-hydroxylation sites is 1. The minimum absolute atomic E-state index is 0.214. The second-order valence-electron chi connectivity index (χ2n) is 18.9. The number of ether oxygens (including phenoxy) is 1. The van der Waals surface area contributed by atoms with Crippen molar-refractivity contribution in [2.24, 2.45) is 12.5 Å². The van der Waals surface area contributed by atoms with E-state index in [4.69, 9.17) is 9.72 Å². The van der Waals surface area contributed by atoms with E-state index >= 15 is 0 Å². The minimum Gasteiger partial charge on any atom is -0.494 e. The van der Waals surface area contributed by atoms with Crippen LogP contribution in [0.1, 0.15) is 57.0 Å². The summed E-state index contributed by atoms with van der Waals surface area (Å²) >= 11 is 3.62. The zero-order valence-corrected chi connectivity index (χ0v) is 41.2. The molecule has 3 N–H and O–H groups in total. The van der Waals surface area contributed by atoms with Crippen molar-refractivity contribution in [3.63, 3.8) is 0 Å².